The number of imidazole rings is 1. The lowest BCUT2D eigenvalue weighted by molar-refractivity contribution is 0.272. The summed E-state index contributed by atoms with van der Waals surface area (Å²) < 4.78 is 16.4. The lowest BCUT2D eigenvalue weighted by Gasteiger charge is -2.13. The Morgan fingerprint density at radius 3 is 2.60 bits per heavy atom. The summed E-state index contributed by atoms with van der Waals surface area (Å²) in [4.78, 5) is 22.6. The van der Waals surface area contributed by atoms with Gasteiger partial charge in [-0.3, -0.25) is 9.13 Å². The third-order valence-electron chi connectivity index (χ3n) is 6.05. The van der Waals surface area contributed by atoms with Crippen molar-refractivity contribution in [2.24, 2.45) is 0 Å². The molecule has 9 heteroatoms. The van der Waals surface area contributed by atoms with Crippen molar-refractivity contribution in [3.63, 3.8) is 0 Å². The molecule has 0 amide bonds. The van der Waals surface area contributed by atoms with Gasteiger partial charge in [0, 0.05) is 18.5 Å². The fourth-order valence-corrected chi connectivity index (χ4v) is 4.62. The Morgan fingerprint density at radius 2 is 1.90 bits per heavy atom. The van der Waals surface area contributed by atoms with Crippen LogP contribution in [0.15, 0.2) is 29.1 Å². The maximum Gasteiger partial charge on any atom is 0.331 e. The molecule has 1 saturated carbocycles. The van der Waals surface area contributed by atoms with Crippen LogP contribution in [-0.2, 0) is 19.5 Å². The Balaban J connectivity index is 0.00000218. The number of aromatic nitrogens is 4. The highest BCUT2D eigenvalue weighted by Gasteiger charge is 2.33. The summed E-state index contributed by atoms with van der Waals surface area (Å²) in [5.74, 6) is 2.14. The van der Waals surface area contributed by atoms with Gasteiger partial charge in [-0.25, -0.2) is 19.2 Å². The lowest BCUT2D eigenvalue weighted by atomic mass is 10.1. The van der Waals surface area contributed by atoms with E-state index in [2.05, 4.69) is 5.32 Å². The first-order chi connectivity index (χ1) is 14.1. The van der Waals surface area contributed by atoms with Crippen LogP contribution in [-0.4, -0.2) is 36.9 Å². The van der Waals surface area contributed by atoms with Crippen LogP contribution in [0.5, 0.6) is 0 Å². The Kier molecular flexibility index (Phi) is 5.79. The summed E-state index contributed by atoms with van der Waals surface area (Å²) in [5.41, 5.74) is 1.51. The zero-order valence-electron chi connectivity index (χ0n) is 16.6. The molecule has 1 aliphatic carbocycles. The van der Waals surface area contributed by atoms with Crippen LogP contribution < -0.4 is 11.0 Å². The number of nitrogens with one attached hydrogen (secondary N) is 1. The summed E-state index contributed by atoms with van der Waals surface area (Å²) in [7, 11) is 0. The van der Waals surface area contributed by atoms with Crippen LogP contribution in [0.3, 0.4) is 0 Å². The Labute approximate surface area is 179 Å². The van der Waals surface area contributed by atoms with Crippen molar-refractivity contribution >= 4 is 18.2 Å². The van der Waals surface area contributed by atoms with Gasteiger partial charge < -0.3 is 10.4 Å². The minimum absolute atomic E-state index is 0. The van der Waals surface area contributed by atoms with Crippen molar-refractivity contribution in [3.8, 4) is 11.5 Å². The third kappa shape index (κ3) is 3.58. The minimum Gasteiger partial charge on any atom is -0.395 e. The van der Waals surface area contributed by atoms with Crippen molar-refractivity contribution in [2.75, 3.05) is 11.9 Å². The molecule has 160 valence electrons. The first-order valence-corrected chi connectivity index (χ1v) is 10.3. The van der Waals surface area contributed by atoms with Crippen LogP contribution in [0, 0.1) is 5.82 Å². The van der Waals surface area contributed by atoms with Crippen LogP contribution in [0.2, 0.25) is 0 Å². The molecule has 3 aliphatic heterocycles. The van der Waals surface area contributed by atoms with Crippen molar-refractivity contribution in [1.82, 2.24) is 19.1 Å². The fraction of sp³-hybridized carbons (Fsp3) is 0.476. The fourth-order valence-electron chi connectivity index (χ4n) is 4.62. The molecule has 5 rings (SSSR count). The van der Waals surface area contributed by atoms with Gasteiger partial charge in [0.2, 0.25) is 0 Å². The Bertz CT molecular complexity index is 1060. The zero-order valence-corrected chi connectivity index (χ0v) is 17.4. The van der Waals surface area contributed by atoms with E-state index in [4.69, 9.17) is 9.97 Å². The molecule has 2 N–H and O–H groups in total. The molecule has 0 bridgehead atoms. The SMILES string of the molecule is Cl.O=c1n(CCO)c2nc(C3CCCC3)nc-2c2n1C[C@@H](Cc1ccc(F)cc1)N2. The maximum atomic E-state index is 13.2. The van der Waals surface area contributed by atoms with Gasteiger partial charge in [-0.05, 0) is 37.0 Å². The average molecular weight is 434 g/mol. The van der Waals surface area contributed by atoms with Gasteiger partial charge in [-0.2, -0.15) is 0 Å². The average Bonchev–Trinajstić information content (AvgIpc) is 3.45. The van der Waals surface area contributed by atoms with Crippen molar-refractivity contribution < 1.29 is 9.50 Å². The molecule has 0 unspecified atom stereocenters. The number of aliphatic hydroxyl groups excluding tert-OH is 1. The van der Waals surface area contributed by atoms with E-state index in [9.17, 15) is 14.3 Å². The van der Waals surface area contributed by atoms with E-state index in [0.29, 0.717) is 36.2 Å². The van der Waals surface area contributed by atoms with Crippen LogP contribution >= 0.6 is 12.4 Å². The van der Waals surface area contributed by atoms with Crippen LogP contribution in [0.4, 0.5) is 10.2 Å². The van der Waals surface area contributed by atoms with Gasteiger partial charge in [-0.15, -0.1) is 12.4 Å². The predicted octanol–water partition coefficient (Wildman–Crippen LogP) is 2.79. The molecule has 0 aromatic heterocycles. The van der Waals surface area contributed by atoms with E-state index < -0.39 is 0 Å². The number of rotatable bonds is 5. The van der Waals surface area contributed by atoms with E-state index >= 15 is 0 Å². The summed E-state index contributed by atoms with van der Waals surface area (Å²) in [5, 5.41) is 12.9. The molecular weight excluding hydrogens is 409 g/mol. The molecule has 1 atom stereocenters. The van der Waals surface area contributed by atoms with Gasteiger partial charge in [-0.1, -0.05) is 25.0 Å². The second-order valence-electron chi connectivity index (χ2n) is 8.02. The molecular formula is C21H25ClFN5O2. The lowest BCUT2D eigenvalue weighted by Crippen LogP contribution is -2.33. The van der Waals surface area contributed by atoms with Gasteiger partial charge in [0.15, 0.2) is 5.82 Å². The topological polar surface area (TPSA) is 85.0 Å². The molecule has 3 heterocycles. The van der Waals surface area contributed by atoms with E-state index in [-0.39, 0.29) is 43.1 Å². The molecule has 0 spiro atoms. The van der Waals surface area contributed by atoms with E-state index in [0.717, 1.165) is 24.2 Å². The molecule has 0 radical (unpaired) electrons. The maximum absolute atomic E-state index is 13.2. The number of halogens is 2. The number of nitrogens with zero attached hydrogens (tertiary/aromatic N) is 4. The monoisotopic (exact) mass is 433 g/mol. The molecule has 1 fully saturated rings. The quantitative estimate of drug-likeness (QED) is 0.646. The first kappa shape index (κ1) is 20.8. The zero-order chi connectivity index (χ0) is 20.0. The largest absolute Gasteiger partial charge is 0.395 e. The summed E-state index contributed by atoms with van der Waals surface area (Å²) in [6.45, 7) is 0.561. The normalized spacial score (nSPS) is 18.4. The molecule has 30 heavy (non-hydrogen) atoms. The smallest absolute Gasteiger partial charge is 0.331 e. The number of aliphatic hydroxyl groups is 1. The predicted molar refractivity (Wildman–Crippen MR) is 114 cm³/mol. The van der Waals surface area contributed by atoms with Gasteiger partial charge >= 0.3 is 5.69 Å². The Hall–Kier alpha value is -2.45. The molecule has 4 aliphatic rings. The van der Waals surface area contributed by atoms with Gasteiger partial charge in [0.05, 0.1) is 13.2 Å². The Morgan fingerprint density at radius 1 is 1.17 bits per heavy atom. The highest BCUT2D eigenvalue weighted by Crippen LogP contribution is 2.37. The van der Waals surface area contributed by atoms with E-state index in [1.807, 2.05) is 0 Å². The molecule has 0 saturated heterocycles. The third-order valence-corrected chi connectivity index (χ3v) is 6.05. The summed E-state index contributed by atoms with van der Waals surface area (Å²) in [6, 6.07) is 6.45. The number of hydrogen-bond donors (Lipinski definition) is 2. The van der Waals surface area contributed by atoms with Crippen molar-refractivity contribution in [1.29, 1.82) is 0 Å². The van der Waals surface area contributed by atoms with Crippen molar-refractivity contribution in [2.45, 2.75) is 57.2 Å². The second-order valence-corrected chi connectivity index (χ2v) is 8.02. The molecule has 1 aromatic carbocycles. The summed E-state index contributed by atoms with van der Waals surface area (Å²) in [6.07, 6.45) is 5.20. The van der Waals surface area contributed by atoms with Crippen LogP contribution in [0.25, 0.3) is 11.5 Å². The first-order valence-electron chi connectivity index (χ1n) is 10.3. The minimum atomic E-state index is -0.258. The number of benzene rings is 1. The van der Waals surface area contributed by atoms with E-state index in [1.54, 1.807) is 16.7 Å². The number of fused-ring (bicyclic) bond motifs is 3. The number of hydrogen-bond acceptors (Lipinski definition) is 5. The van der Waals surface area contributed by atoms with Gasteiger partial charge in [0.1, 0.15) is 23.2 Å². The van der Waals surface area contributed by atoms with Gasteiger partial charge in [0.25, 0.3) is 0 Å². The van der Waals surface area contributed by atoms with Crippen molar-refractivity contribution in [3.05, 3.63) is 52.0 Å². The second kappa shape index (κ2) is 8.35. The molecule has 7 nitrogen and oxygen atoms in total. The highest BCUT2D eigenvalue weighted by atomic mass is 35.5. The standard InChI is InChI=1S/C21H24FN5O2.ClH/c22-15-7-5-13(6-8-15)11-16-12-27-19(23-16)17-20(26(9-10-28)21(27)29)25-18(24-17)14-3-1-2-4-14;/h5-8,14,16,23,28H,1-4,9-12H2;1H/t16-;/m1./s1. The van der Waals surface area contributed by atoms with Crippen LogP contribution in [0.1, 0.15) is 43.0 Å². The number of anilines is 1. The summed E-state index contributed by atoms with van der Waals surface area (Å²) >= 11 is 0. The van der Waals surface area contributed by atoms with E-state index in [1.165, 1.54) is 29.5 Å². The molecule has 1 aromatic rings. The highest BCUT2D eigenvalue weighted by molar-refractivity contribution is 5.85.